The lowest BCUT2D eigenvalue weighted by Crippen LogP contribution is -2.25. The van der Waals surface area contributed by atoms with E-state index in [1.807, 2.05) is 30.5 Å². The molecule has 2 aromatic carbocycles. The maximum atomic E-state index is 13.0. The monoisotopic (exact) mass is 428 g/mol. The number of aromatic nitrogens is 1. The summed E-state index contributed by atoms with van der Waals surface area (Å²) in [5.41, 5.74) is 3.93. The van der Waals surface area contributed by atoms with Crippen LogP contribution in [0.15, 0.2) is 71.5 Å². The van der Waals surface area contributed by atoms with Crippen molar-refractivity contribution in [3.8, 4) is 39.7 Å². The van der Waals surface area contributed by atoms with Gasteiger partial charge in [-0.1, -0.05) is 18.2 Å². The Bertz CT molecular complexity index is 1400. The van der Waals surface area contributed by atoms with Gasteiger partial charge in [-0.25, -0.2) is 0 Å². The first-order valence-corrected chi connectivity index (χ1v) is 10.1. The number of fused-ring (bicyclic) bond motifs is 2. The Balaban J connectivity index is 1.42. The van der Waals surface area contributed by atoms with Gasteiger partial charge in [0.25, 0.3) is 5.91 Å². The number of aromatic amines is 1. The molecule has 5 rings (SSSR count). The molecule has 1 amide bonds. The van der Waals surface area contributed by atoms with Gasteiger partial charge in [-0.2, -0.15) is 0 Å². The second kappa shape index (κ2) is 7.70. The average molecular weight is 428 g/mol. The maximum Gasteiger partial charge on any atom is 0.252 e. The fraction of sp³-hybridized carbons (Fsp3) is 0.0800. The van der Waals surface area contributed by atoms with E-state index >= 15 is 0 Å². The minimum atomic E-state index is -0.314. The van der Waals surface area contributed by atoms with Gasteiger partial charge in [0.2, 0.25) is 0 Å². The zero-order valence-electron chi connectivity index (χ0n) is 16.9. The van der Waals surface area contributed by atoms with Crippen molar-refractivity contribution >= 4 is 16.8 Å². The molecule has 1 aromatic heterocycles. The zero-order valence-corrected chi connectivity index (χ0v) is 16.9. The number of rotatable bonds is 5. The molecule has 2 aliphatic rings. The molecule has 2 heterocycles. The molecule has 0 atom stereocenters. The first kappa shape index (κ1) is 19.6. The number of nitrogens with one attached hydrogen (secondary N) is 2. The van der Waals surface area contributed by atoms with Crippen LogP contribution < -0.4 is 5.32 Å². The highest BCUT2D eigenvalue weighted by Crippen LogP contribution is 2.42. The summed E-state index contributed by atoms with van der Waals surface area (Å²) >= 11 is 0. The normalized spacial score (nSPS) is 11.2. The summed E-state index contributed by atoms with van der Waals surface area (Å²) in [5.74, 6) is -0.280. The summed E-state index contributed by atoms with van der Waals surface area (Å²) in [6.45, 7) is 0.422. The number of para-hydroxylation sites is 1. The van der Waals surface area contributed by atoms with E-state index < -0.39 is 0 Å². The third kappa shape index (κ3) is 3.50. The average Bonchev–Trinajstić information content (AvgIpc) is 3.34. The molecule has 5 N–H and O–H groups in total. The molecule has 0 saturated carbocycles. The van der Waals surface area contributed by atoms with Gasteiger partial charge in [0.05, 0.1) is 5.56 Å². The highest BCUT2D eigenvalue weighted by atomic mass is 16.3. The van der Waals surface area contributed by atoms with Gasteiger partial charge in [0, 0.05) is 40.8 Å². The summed E-state index contributed by atoms with van der Waals surface area (Å²) in [6.07, 6.45) is 3.77. The summed E-state index contributed by atoms with van der Waals surface area (Å²) in [5, 5.41) is 33.7. The molecule has 160 valence electrons. The Kier molecular flexibility index (Phi) is 4.71. The van der Waals surface area contributed by atoms with E-state index in [9.17, 15) is 20.1 Å². The quantitative estimate of drug-likeness (QED) is 0.280. The van der Waals surface area contributed by atoms with E-state index in [1.165, 1.54) is 30.5 Å². The van der Waals surface area contributed by atoms with Crippen LogP contribution in [0.1, 0.15) is 15.9 Å². The Hall–Kier alpha value is -4.39. The molecule has 0 spiro atoms. The van der Waals surface area contributed by atoms with Gasteiger partial charge in [0.1, 0.15) is 23.5 Å². The van der Waals surface area contributed by atoms with Crippen molar-refractivity contribution in [3.63, 3.8) is 0 Å². The minimum absolute atomic E-state index is 0.110. The third-order valence-electron chi connectivity index (χ3n) is 5.47. The summed E-state index contributed by atoms with van der Waals surface area (Å²) in [4.78, 5) is 16.2. The van der Waals surface area contributed by atoms with E-state index in [0.29, 0.717) is 41.0 Å². The van der Waals surface area contributed by atoms with E-state index in [1.54, 1.807) is 6.07 Å². The van der Waals surface area contributed by atoms with Crippen LogP contribution >= 0.6 is 0 Å². The van der Waals surface area contributed by atoms with Crippen molar-refractivity contribution in [2.75, 3.05) is 6.54 Å². The van der Waals surface area contributed by atoms with Crippen LogP contribution in [0.25, 0.3) is 33.4 Å². The van der Waals surface area contributed by atoms with Crippen LogP contribution in [-0.4, -0.2) is 32.8 Å². The molecule has 1 aliphatic heterocycles. The van der Waals surface area contributed by atoms with Crippen molar-refractivity contribution in [1.82, 2.24) is 10.3 Å². The van der Waals surface area contributed by atoms with E-state index in [-0.39, 0.29) is 23.2 Å². The van der Waals surface area contributed by atoms with Crippen molar-refractivity contribution in [2.45, 2.75) is 6.42 Å². The molecule has 0 bridgehead atoms. The predicted molar refractivity (Wildman–Crippen MR) is 120 cm³/mol. The van der Waals surface area contributed by atoms with Crippen molar-refractivity contribution in [3.05, 3.63) is 78.2 Å². The largest absolute Gasteiger partial charge is 0.508 e. The summed E-state index contributed by atoms with van der Waals surface area (Å²) in [7, 11) is 0. The number of aromatic hydroxyl groups is 3. The van der Waals surface area contributed by atoms with Crippen LogP contribution in [-0.2, 0) is 6.42 Å². The van der Waals surface area contributed by atoms with Crippen molar-refractivity contribution in [1.29, 1.82) is 0 Å². The number of phenols is 2. The summed E-state index contributed by atoms with van der Waals surface area (Å²) in [6, 6.07) is 15.2. The molecule has 7 nitrogen and oxygen atoms in total. The van der Waals surface area contributed by atoms with Crippen LogP contribution in [0, 0.1) is 0 Å². The van der Waals surface area contributed by atoms with E-state index in [2.05, 4.69) is 10.3 Å². The second-order valence-electron chi connectivity index (χ2n) is 7.62. The fourth-order valence-corrected chi connectivity index (χ4v) is 4.02. The van der Waals surface area contributed by atoms with Gasteiger partial charge in [-0.15, -0.1) is 0 Å². The zero-order chi connectivity index (χ0) is 22.2. The number of carbonyl (C=O) groups excluding carboxylic acids is 1. The number of benzene rings is 2. The van der Waals surface area contributed by atoms with Crippen LogP contribution in [0.3, 0.4) is 0 Å². The van der Waals surface area contributed by atoms with Crippen LogP contribution in [0.5, 0.6) is 17.2 Å². The van der Waals surface area contributed by atoms with E-state index in [4.69, 9.17) is 4.42 Å². The summed E-state index contributed by atoms with van der Waals surface area (Å²) < 4.78 is 5.55. The number of hydrogen-bond acceptors (Lipinski definition) is 5. The van der Waals surface area contributed by atoms with Crippen LogP contribution in [0.4, 0.5) is 0 Å². The highest BCUT2D eigenvalue weighted by molar-refractivity contribution is 6.06. The first-order valence-electron chi connectivity index (χ1n) is 10.1. The Morgan fingerprint density at radius 3 is 2.53 bits per heavy atom. The van der Waals surface area contributed by atoms with Crippen molar-refractivity contribution < 1.29 is 24.5 Å². The second-order valence-corrected chi connectivity index (χ2v) is 7.62. The molecule has 0 fully saturated rings. The number of phenolic OH excluding ortho intramolecular Hbond substituents is 2. The molecule has 1 aliphatic carbocycles. The molecule has 0 unspecified atom stereocenters. The van der Waals surface area contributed by atoms with Gasteiger partial charge in [0.15, 0.2) is 5.75 Å². The molecular formula is C25H20N2O5. The molecule has 32 heavy (non-hydrogen) atoms. The number of carbonyl (C=O) groups is 1. The Morgan fingerprint density at radius 2 is 1.72 bits per heavy atom. The fourth-order valence-electron chi connectivity index (χ4n) is 4.02. The van der Waals surface area contributed by atoms with Gasteiger partial charge < -0.3 is 30.0 Å². The Morgan fingerprint density at radius 1 is 0.938 bits per heavy atom. The van der Waals surface area contributed by atoms with Crippen LogP contribution in [0.2, 0.25) is 0 Å². The molecule has 0 radical (unpaired) electrons. The van der Waals surface area contributed by atoms with Crippen molar-refractivity contribution in [2.24, 2.45) is 0 Å². The maximum absolute atomic E-state index is 13.0. The first-order chi connectivity index (χ1) is 15.5. The molecule has 7 heteroatoms. The van der Waals surface area contributed by atoms with E-state index in [0.717, 1.165) is 16.5 Å². The highest BCUT2D eigenvalue weighted by Gasteiger charge is 2.25. The molecule has 3 aromatic rings. The van der Waals surface area contributed by atoms with Gasteiger partial charge in [-0.05, 0) is 47.9 Å². The predicted octanol–water partition coefficient (Wildman–Crippen LogP) is 4.62. The number of hydrogen-bond donors (Lipinski definition) is 5. The SMILES string of the molecule is O=C(NCCc1c[nH]c2ccccc12)c1cc(-c2cc(O)cc(O)c2)c2occ(O)cc1-2. The standard InChI is InChI=1S/C25H20N2O5/c28-16-7-15(8-17(29)9-16)20-11-22(21-10-18(30)13-32-24(20)21)25(31)26-6-5-14-12-27-23-4-2-1-3-19(14)23/h1-4,7-13,27-30H,5-6H2,(H,26,31). The minimum Gasteiger partial charge on any atom is -0.508 e. The lowest BCUT2D eigenvalue weighted by molar-refractivity contribution is 0.0955. The van der Waals surface area contributed by atoms with Gasteiger partial charge >= 0.3 is 0 Å². The molecule has 0 saturated heterocycles. The topological polar surface area (TPSA) is 119 Å². The lowest BCUT2D eigenvalue weighted by Gasteiger charge is -2.07. The lowest BCUT2D eigenvalue weighted by atomic mass is 10.1. The molecular weight excluding hydrogens is 408 g/mol. The third-order valence-corrected chi connectivity index (χ3v) is 5.47. The Labute approximate surface area is 182 Å². The van der Waals surface area contributed by atoms with Gasteiger partial charge in [-0.3, -0.25) is 4.79 Å². The smallest absolute Gasteiger partial charge is 0.252 e. The number of amides is 1. The number of H-pyrrole nitrogens is 1.